The first-order chi connectivity index (χ1) is 9.20. The molecule has 3 heteroatoms. The molecule has 0 saturated heterocycles. The smallest absolute Gasteiger partial charge is 0.127 e. The number of hydrogen-bond acceptors (Lipinski definition) is 1. The van der Waals surface area contributed by atoms with Crippen LogP contribution in [0.2, 0.25) is 0 Å². The molecule has 0 aliphatic heterocycles. The predicted molar refractivity (Wildman–Crippen MR) is 78.4 cm³/mol. The highest BCUT2D eigenvalue weighted by Gasteiger charge is 2.54. The summed E-state index contributed by atoms with van der Waals surface area (Å²) in [7, 11) is 0. The molecule has 2 fully saturated rings. The number of para-hydroxylation sites is 2. The van der Waals surface area contributed by atoms with E-state index in [1.807, 2.05) is 6.92 Å². The van der Waals surface area contributed by atoms with E-state index in [9.17, 15) is 0 Å². The summed E-state index contributed by atoms with van der Waals surface area (Å²) >= 11 is 6.34. The third kappa shape index (κ3) is 1.88. The highest BCUT2D eigenvalue weighted by molar-refractivity contribution is 6.20. The minimum atomic E-state index is -0.0256. The number of hydrogen-bond donors (Lipinski definition) is 0. The minimum absolute atomic E-state index is 0.0256. The van der Waals surface area contributed by atoms with Crippen molar-refractivity contribution < 1.29 is 0 Å². The Morgan fingerprint density at radius 1 is 1.37 bits per heavy atom. The number of alkyl halides is 1. The first-order valence-electron chi connectivity index (χ1n) is 7.29. The number of imidazole rings is 1. The van der Waals surface area contributed by atoms with Crippen LogP contribution in [0.15, 0.2) is 24.3 Å². The molecule has 1 aromatic heterocycles. The Morgan fingerprint density at radius 2 is 2.11 bits per heavy atom. The molecule has 2 saturated carbocycles. The van der Waals surface area contributed by atoms with Gasteiger partial charge in [-0.25, -0.2) is 4.98 Å². The number of nitrogens with zero attached hydrogens (tertiary/aromatic N) is 2. The van der Waals surface area contributed by atoms with E-state index in [2.05, 4.69) is 28.8 Å². The zero-order valence-corrected chi connectivity index (χ0v) is 12.0. The van der Waals surface area contributed by atoms with Gasteiger partial charge >= 0.3 is 0 Å². The average molecular weight is 275 g/mol. The lowest BCUT2D eigenvalue weighted by molar-refractivity contribution is 0.369. The second-order valence-corrected chi connectivity index (χ2v) is 6.95. The van der Waals surface area contributed by atoms with E-state index in [4.69, 9.17) is 16.6 Å². The zero-order chi connectivity index (χ0) is 13.0. The van der Waals surface area contributed by atoms with Crippen molar-refractivity contribution in [3.05, 3.63) is 30.1 Å². The first kappa shape index (κ1) is 11.8. The fourth-order valence-electron chi connectivity index (χ4n) is 3.43. The predicted octanol–water partition coefficient (Wildman–Crippen LogP) is 4.53. The van der Waals surface area contributed by atoms with Gasteiger partial charge in [0.05, 0.1) is 16.4 Å². The Labute approximate surface area is 118 Å². The normalized spacial score (nSPS) is 22.6. The molecule has 1 atom stereocenters. The van der Waals surface area contributed by atoms with E-state index in [0.29, 0.717) is 5.41 Å². The van der Waals surface area contributed by atoms with Gasteiger partial charge in [-0.05, 0) is 56.1 Å². The lowest BCUT2D eigenvalue weighted by Crippen LogP contribution is -2.16. The number of rotatable bonds is 4. The van der Waals surface area contributed by atoms with Gasteiger partial charge in [-0.3, -0.25) is 0 Å². The van der Waals surface area contributed by atoms with E-state index in [-0.39, 0.29) is 5.38 Å². The van der Waals surface area contributed by atoms with Gasteiger partial charge in [0.1, 0.15) is 5.82 Å². The first-order valence-corrected chi connectivity index (χ1v) is 7.72. The lowest BCUT2D eigenvalue weighted by atomic mass is 10.0. The minimum Gasteiger partial charge on any atom is -0.326 e. The summed E-state index contributed by atoms with van der Waals surface area (Å²) in [6.07, 6.45) is 5.64. The van der Waals surface area contributed by atoms with E-state index < -0.39 is 0 Å². The summed E-state index contributed by atoms with van der Waals surface area (Å²) in [6, 6.07) is 8.41. The van der Waals surface area contributed by atoms with Crippen molar-refractivity contribution in [3.63, 3.8) is 0 Å². The van der Waals surface area contributed by atoms with Crippen LogP contribution in [-0.2, 0) is 6.54 Å². The van der Waals surface area contributed by atoms with Gasteiger partial charge < -0.3 is 4.57 Å². The molecule has 100 valence electrons. The van der Waals surface area contributed by atoms with Crippen LogP contribution < -0.4 is 0 Å². The van der Waals surface area contributed by atoms with Crippen LogP contribution >= 0.6 is 11.6 Å². The van der Waals surface area contributed by atoms with Gasteiger partial charge in [-0.15, -0.1) is 11.6 Å². The zero-order valence-electron chi connectivity index (χ0n) is 11.3. The number of benzene rings is 1. The van der Waals surface area contributed by atoms with Crippen molar-refractivity contribution >= 4 is 22.6 Å². The number of fused-ring (bicyclic) bond motifs is 1. The molecule has 2 aliphatic carbocycles. The van der Waals surface area contributed by atoms with Crippen molar-refractivity contribution in [2.75, 3.05) is 0 Å². The van der Waals surface area contributed by atoms with Crippen molar-refractivity contribution in [2.24, 2.45) is 11.3 Å². The summed E-state index contributed by atoms with van der Waals surface area (Å²) in [6.45, 7) is 3.14. The van der Waals surface area contributed by atoms with Gasteiger partial charge in [-0.1, -0.05) is 12.1 Å². The lowest BCUT2D eigenvalue weighted by Gasteiger charge is -2.18. The van der Waals surface area contributed by atoms with E-state index in [0.717, 1.165) is 23.8 Å². The Hall–Kier alpha value is -1.02. The molecule has 1 aromatic carbocycles. The van der Waals surface area contributed by atoms with Crippen LogP contribution in [0.4, 0.5) is 0 Å². The van der Waals surface area contributed by atoms with Gasteiger partial charge in [0.2, 0.25) is 0 Å². The molecular formula is C16H19ClN2. The summed E-state index contributed by atoms with van der Waals surface area (Å²) in [5, 5.41) is -0.0256. The third-order valence-electron chi connectivity index (χ3n) is 4.85. The Balaban J connectivity index is 1.80. The molecule has 1 heterocycles. The highest BCUT2D eigenvalue weighted by atomic mass is 35.5. The van der Waals surface area contributed by atoms with Gasteiger partial charge in [0, 0.05) is 6.54 Å². The van der Waals surface area contributed by atoms with Gasteiger partial charge in [-0.2, -0.15) is 0 Å². The van der Waals surface area contributed by atoms with Crippen LogP contribution in [0.25, 0.3) is 11.0 Å². The fourth-order valence-corrected chi connectivity index (χ4v) is 3.60. The van der Waals surface area contributed by atoms with Crippen molar-refractivity contribution in [3.8, 4) is 0 Å². The number of halogens is 1. The maximum atomic E-state index is 6.34. The third-order valence-corrected chi connectivity index (χ3v) is 5.04. The molecule has 0 radical (unpaired) electrons. The standard InChI is InChI=1S/C16H19ClN2/c1-11(17)15-18-13-4-2-3-5-14(13)19(15)10-16(8-9-16)12-6-7-12/h2-5,11-12H,6-10H2,1H3. The van der Waals surface area contributed by atoms with Crippen molar-refractivity contribution in [1.29, 1.82) is 0 Å². The van der Waals surface area contributed by atoms with E-state index in [1.165, 1.54) is 31.2 Å². The van der Waals surface area contributed by atoms with E-state index in [1.54, 1.807) is 0 Å². The van der Waals surface area contributed by atoms with Gasteiger partial charge in [0.25, 0.3) is 0 Å². The quantitative estimate of drug-likeness (QED) is 0.749. The van der Waals surface area contributed by atoms with Crippen LogP contribution in [0.3, 0.4) is 0 Å². The van der Waals surface area contributed by atoms with Crippen LogP contribution in [-0.4, -0.2) is 9.55 Å². The Bertz CT molecular complexity index is 621. The van der Waals surface area contributed by atoms with Gasteiger partial charge in [0.15, 0.2) is 0 Å². The highest BCUT2D eigenvalue weighted by Crippen LogP contribution is 2.62. The SMILES string of the molecule is CC(Cl)c1nc2ccccc2n1CC1(C2CC2)CC1. The molecular weight excluding hydrogens is 256 g/mol. The molecule has 0 spiro atoms. The Morgan fingerprint density at radius 3 is 2.74 bits per heavy atom. The molecule has 0 N–H and O–H groups in total. The average Bonchev–Trinajstić information content (AvgIpc) is 3.27. The summed E-state index contributed by atoms with van der Waals surface area (Å²) < 4.78 is 2.39. The van der Waals surface area contributed by atoms with Crippen molar-refractivity contribution in [2.45, 2.75) is 44.5 Å². The molecule has 4 rings (SSSR count). The topological polar surface area (TPSA) is 17.8 Å². The van der Waals surface area contributed by atoms with Crippen LogP contribution in [0.1, 0.15) is 43.8 Å². The molecule has 0 amide bonds. The van der Waals surface area contributed by atoms with Crippen LogP contribution in [0, 0.1) is 11.3 Å². The maximum absolute atomic E-state index is 6.34. The second-order valence-electron chi connectivity index (χ2n) is 6.30. The largest absolute Gasteiger partial charge is 0.326 e. The van der Waals surface area contributed by atoms with Crippen LogP contribution in [0.5, 0.6) is 0 Å². The molecule has 0 bridgehead atoms. The van der Waals surface area contributed by atoms with E-state index >= 15 is 0 Å². The summed E-state index contributed by atoms with van der Waals surface area (Å²) in [5.41, 5.74) is 2.90. The summed E-state index contributed by atoms with van der Waals surface area (Å²) in [5.74, 6) is 2.00. The maximum Gasteiger partial charge on any atom is 0.127 e. The molecule has 2 nitrogen and oxygen atoms in total. The molecule has 19 heavy (non-hydrogen) atoms. The molecule has 2 aliphatic rings. The van der Waals surface area contributed by atoms with Crippen molar-refractivity contribution in [1.82, 2.24) is 9.55 Å². The molecule has 1 unspecified atom stereocenters. The Kier molecular flexibility index (Phi) is 2.47. The monoisotopic (exact) mass is 274 g/mol. The fraction of sp³-hybridized carbons (Fsp3) is 0.562. The number of aromatic nitrogens is 2. The summed E-state index contributed by atoms with van der Waals surface area (Å²) in [4.78, 5) is 4.73. The molecule has 2 aromatic rings. The second kappa shape index (κ2) is 3.99.